The predicted molar refractivity (Wildman–Crippen MR) is 96.0 cm³/mol. The van der Waals surface area contributed by atoms with Gasteiger partial charge >= 0.3 is 0 Å². The van der Waals surface area contributed by atoms with Crippen molar-refractivity contribution in [3.8, 4) is 5.75 Å². The van der Waals surface area contributed by atoms with Gasteiger partial charge < -0.3 is 19.3 Å². The van der Waals surface area contributed by atoms with E-state index in [-0.39, 0.29) is 12.0 Å². The maximum Gasteiger partial charge on any atom is 0.257 e. The zero-order valence-electron chi connectivity index (χ0n) is 14.9. The first kappa shape index (κ1) is 16.9. The van der Waals surface area contributed by atoms with Gasteiger partial charge in [0.25, 0.3) is 5.91 Å². The molecule has 0 spiro atoms. The van der Waals surface area contributed by atoms with Crippen molar-refractivity contribution in [2.24, 2.45) is 0 Å². The van der Waals surface area contributed by atoms with Crippen LogP contribution in [0.5, 0.6) is 5.75 Å². The molecule has 25 heavy (non-hydrogen) atoms. The molecule has 0 bridgehead atoms. The maximum absolute atomic E-state index is 12.8. The van der Waals surface area contributed by atoms with Crippen molar-refractivity contribution in [1.29, 1.82) is 0 Å². The SMILES string of the molecule is O=C(c1ccccc1OC1CC(N2CCCCC2)C1)N1CCOCC1. The Labute approximate surface area is 149 Å². The zero-order chi connectivity index (χ0) is 17.1. The van der Waals surface area contributed by atoms with Crippen LogP contribution in [0.25, 0.3) is 0 Å². The molecule has 1 amide bonds. The Balaban J connectivity index is 1.36. The number of nitrogens with zero attached hydrogens (tertiary/aromatic N) is 2. The van der Waals surface area contributed by atoms with E-state index in [9.17, 15) is 4.79 Å². The molecule has 0 radical (unpaired) electrons. The lowest BCUT2D eigenvalue weighted by molar-refractivity contribution is 0.00764. The number of piperidine rings is 1. The highest BCUT2D eigenvalue weighted by molar-refractivity contribution is 5.97. The standard InChI is InChI=1S/C20H28N2O3/c23-20(22-10-12-24-13-11-22)18-6-2-3-7-19(18)25-17-14-16(15-17)21-8-4-1-5-9-21/h2-3,6-7,16-17H,1,4-5,8-15H2. The first-order valence-electron chi connectivity index (χ1n) is 9.68. The highest BCUT2D eigenvalue weighted by Gasteiger charge is 2.36. The summed E-state index contributed by atoms with van der Waals surface area (Å²) in [5.41, 5.74) is 0.686. The van der Waals surface area contributed by atoms with Crippen molar-refractivity contribution < 1.29 is 14.3 Å². The second kappa shape index (κ2) is 7.75. The largest absolute Gasteiger partial charge is 0.489 e. The van der Waals surface area contributed by atoms with Crippen LogP contribution in [0.3, 0.4) is 0 Å². The smallest absolute Gasteiger partial charge is 0.257 e. The van der Waals surface area contributed by atoms with Gasteiger partial charge in [-0.1, -0.05) is 18.6 Å². The monoisotopic (exact) mass is 344 g/mol. The van der Waals surface area contributed by atoms with Crippen LogP contribution >= 0.6 is 0 Å². The van der Waals surface area contributed by atoms with E-state index in [0.29, 0.717) is 37.9 Å². The van der Waals surface area contributed by atoms with Crippen molar-refractivity contribution >= 4 is 5.91 Å². The zero-order valence-corrected chi connectivity index (χ0v) is 14.9. The van der Waals surface area contributed by atoms with E-state index >= 15 is 0 Å². The third-order valence-corrected chi connectivity index (χ3v) is 5.69. The van der Waals surface area contributed by atoms with Crippen LogP contribution < -0.4 is 4.74 Å². The average molecular weight is 344 g/mol. The van der Waals surface area contributed by atoms with Crippen molar-refractivity contribution in [2.75, 3.05) is 39.4 Å². The number of ether oxygens (including phenoxy) is 2. The number of rotatable bonds is 4. The highest BCUT2D eigenvalue weighted by atomic mass is 16.5. The van der Waals surface area contributed by atoms with Gasteiger partial charge in [0.05, 0.1) is 18.8 Å². The van der Waals surface area contributed by atoms with Crippen LogP contribution in [0.4, 0.5) is 0 Å². The minimum atomic E-state index is 0.0609. The van der Waals surface area contributed by atoms with Crippen LogP contribution in [0.2, 0.25) is 0 Å². The average Bonchev–Trinajstić information content (AvgIpc) is 2.65. The lowest BCUT2D eigenvalue weighted by Gasteiger charge is -2.44. The first-order chi connectivity index (χ1) is 12.3. The molecule has 2 heterocycles. The van der Waals surface area contributed by atoms with E-state index in [2.05, 4.69) is 4.90 Å². The Bertz CT molecular complexity index is 588. The van der Waals surface area contributed by atoms with Gasteiger partial charge in [0.1, 0.15) is 11.9 Å². The van der Waals surface area contributed by atoms with Gasteiger partial charge in [0.15, 0.2) is 0 Å². The van der Waals surface area contributed by atoms with Crippen molar-refractivity contribution in [3.05, 3.63) is 29.8 Å². The summed E-state index contributed by atoms with van der Waals surface area (Å²) in [6, 6.07) is 8.35. The summed E-state index contributed by atoms with van der Waals surface area (Å²) in [6.45, 7) is 5.04. The molecule has 136 valence electrons. The predicted octanol–water partition coefficient (Wildman–Crippen LogP) is 2.55. The van der Waals surface area contributed by atoms with E-state index in [4.69, 9.17) is 9.47 Å². The fraction of sp³-hybridized carbons (Fsp3) is 0.650. The first-order valence-corrected chi connectivity index (χ1v) is 9.68. The quantitative estimate of drug-likeness (QED) is 0.842. The number of carbonyl (C=O) groups is 1. The second-order valence-electron chi connectivity index (χ2n) is 7.36. The van der Waals surface area contributed by atoms with Crippen LogP contribution in [-0.2, 0) is 4.74 Å². The van der Waals surface area contributed by atoms with Gasteiger partial charge in [-0.05, 0) is 38.1 Å². The van der Waals surface area contributed by atoms with E-state index in [1.807, 2.05) is 29.2 Å². The normalized spacial score (nSPS) is 27.6. The molecule has 1 saturated carbocycles. The summed E-state index contributed by atoms with van der Waals surface area (Å²) >= 11 is 0. The summed E-state index contributed by atoms with van der Waals surface area (Å²) in [5, 5.41) is 0. The molecule has 0 atom stereocenters. The number of para-hydroxylation sites is 1. The summed E-state index contributed by atoms with van der Waals surface area (Å²) < 4.78 is 11.6. The number of amides is 1. The van der Waals surface area contributed by atoms with E-state index in [1.165, 1.54) is 32.4 Å². The third kappa shape index (κ3) is 3.82. The topological polar surface area (TPSA) is 42.0 Å². The molecule has 5 nitrogen and oxygen atoms in total. The molecule has 3 aliphatic rings. The minimum absolute atomic E-state index is 0.0609. The second-order valence-corrected chi connectivity index (χ2v) is 7.36. The fourth-order valence-electron chi connectivity index (χ4n) is 4.08. The number of morpholine rings is 1. The Morgan fingerprint density at radius 3 is 2.48 bits per heavy atom. The number of benzene rings is 1. The molecule has 0 unspecified atom stereocenters. The molecule has 1 aliphatic carbocycles. The van der Waals surface area contributed by atoms with Crippen LogP contribution in [-0.4, -0.2) is 67.2 Å². The van der Waals surface area contributed by atoms with Crippen molar-refractivity contribution in [1.82, 2.24) is 9.80 Å². The molecule has 2 saturated heterocycles. The van der Waals surface area contributed by atoms with Gasteiger partial charge in [-0.2, -0.15) is 0 Å². The fourth-order valence-corrected chi connectivity index (χ4v) is 4.08. The Morgan fingerprint density at radius 2 is 1.72 bits per heavy atom. The molecule has 1 aromatic carbocycles. The number of carbonyl (C=O) groups excluding carboxylic acids is 1. The third-order valence-electron chi connectivity index (χ3n) is 5.69. The van der Waals surface area contributed by atoms with Crippen molar-refractivity contribution in [2.45, 2.75) is 44.2 Å². The van der Waals surface area contributed by atoms with Crippen LogP contribution in [0.15, 0.2) is 24.3 Å². The molecule has 5 heteroatoms. The Hall–Kier alpha value is -1.59. The van der Waals surface area contributed by atoms with E-state index in [1.54, 1.807) is 0 Å². The number of hydrogen-bond acceptors (Lipinski definition) is 4. The van der Waals surface area contributed by atoms with Crippen molar-refractivity contribution in [3.63, 3.8) is 0 Å². The molecule has 3 fully saturated rings. The van der Waals surface area contributed by atoms with Gasteiger partial charge in [-0.3, -0.25) is 4.79 Å². The molecule has 0 aromatic heterocycles. The summed E-state index contributed by atoms with van der Waals surface area (Å²) in [4.78, 5) is 17.3. The Morgan fingerprint density at radius 1 is 1.00 bits per heavy atom. The highest BCUT2D eigenvalue weighted by Crippen LogP contribution is 2.33. The molecular formula is C20H28N2O3. The Kier molecular flexibility index (Phi) is 5.22. The summed E-state index contributed by atoms with van der Waals surface area (Å²) in [7, 11) is 0. The minimum Gasteiger partial charge on any atom is -0.489 e. The van der Waals surface area contributed by atoms with Crippen LogP contribution in [0, 0.1) is 0 Å². The maximum atomic E-state index is 12.8. The van der Waals surface area contributed by atoms with Crippen LogP contribution in [0.1, 0.15) is 42.5 Å². The molecule has 4 rings (SSSR count). The van der Waals surface area contributed by atoms with Gasteiger partial charge in [-0.25, -0.2) is 0 Å². The molecule has 0 N–H and O–H groups in total. The van der Waals surface area contributed by atoms with Gasteiger partial charge in [0, 0.05) is 32.0 Å². The summed E-state index contributed by atoms with van der Waals surface area (Å²) in [5.74, 6) is 0.798. The molecular weight excluding hydrogens is 316 g/mol. The lowest BCUT2D eigenvalue weighted by Crippen LogP contribution is -2.51. The van der Waals surface area contributed by atoms with E-state index in [0.717, 1.165) is 18.6 Å². The lowest BCUT2D eigenvalue weighted by atomic mass is 9.86. The van der Waals surface area contributed by atoms with Gasteiger partial charge in [0.2, 0.25) is 0 Å². The number of hydrogen-bond donors (Lipinski definition) is 0. The molecule has 1 aromatic rings. The number of likely N-dealkylation sites (tertiary alicyclic amines) is 1. The van der Waals surface area contributed by atoms with E-state index < -0.39 is 0 Å². The van der Waals surface area contributed by atoms with Gasteiger partial charge in [-0.15, -0.1) is 0 Å². The molecule has 2 aliphatic heterocycles. The summed E-state index contributed by atoms with van der Waals surface area (Å²) in [6.07, 6.45) is 6.45.